The van der Waals surface area contributed by atoms with Crippen LogP contribution in [0.5, 0.6) is 5.75 Å². The Kier molecular flexibility index (Phi) is 3.94. The van der Waals surface area contributed by atoms with Gasteiger partial charge in [-0.1, -0.05) is 17.7 Å². The first-order valence-electron chi connectivity index (χ1n) is 6.99. The zero-order valence-corrected chi connectivity index (χ0v) is 13.2. The zero-order chi connectivity index (χ0) is 15.7. The van der Waals surface area contributed by atoms with Crippen LogP contribution in [0.1, 0.15) is 16.7 Å². The van der Waals surface area contributed by atoms with Crippen molar-refractivity contribution >= 4 is 22.7 Å². The van der Waals surface area contributed by atoms with E-state index in [1.165, 1.54) is 28.2 Å². The number of phenolic OH excluding ortho intramolecular Hbond substituents is 1. The van der Waals surface area contributed by atoms with Crippen LogP contribution in [-0.4, -0.2) is 5.11 Å². The van der Waals surface area contributed by atoms with E-state index < -0.39 is 5.63 Å². The fraction of sp³-hybridized carbons (Fsp3) is 0.167. The number of hydrogen-bond acceptors (Lipinski definition) is 4. The Morgan fingerprint density at radius 2 is 1.91 bits per heavy atom. The number of phenols is 1. The number of benzene rings is 2. The van der Waals surface area contributed by atoms with Gasteiger partial charge in [-0.25, -0.2) is 4.79 Å². The van der Waals surface area contributed by atoms with Crippen LogP contribution in [-0.2, 0) is 5.75 Å². The maximum atomic E-state index is 11.7. The van der Waals surface area contributed by atoms with E-state index in [0.717, 1.165) is 10.9 Å². The Morgan fingerprint density at radius 3 is 2.73 bits per heavy atom. The largest absolute Gasteiger partial charge is 0.508 e. The number of aromatic hydroxyl groups is 1. The molecule has 0 saturated heterocycles. The van der Waals surface area contributed by atoms with Gasteiger partial charge in [0.25, 0.3) is 0 Å². The molecule has 1 N–H and O–H groups in total. The van der Waals surface area contributed by atoms with Gasteiger partial charge in [-0.2, -0.15) is 0 Å². The SMILES string of the molecule is Cc1ccc(C)c(SCc2cc(=O)oc3cc(O)ccc23)c1. The summed E-state index contributed by atoms with van der Waals surface area (Å²) in [7, 11) is 0. The Bertz CT molecular complexity index is 896. The summed E-state index contributed by atoms with van der Waals surface area (Å²) < 4.78 is 5.15. The maximum Gasteiger partial charge on any atom is 0.336 e. The third-order valence-electron chi connectivity index (χ3n) is 3.54. The highest BCUT2D eigenvalue weighted by Crippen LogP contribution is 2.30. The van der Waals surface area contributed by atoms with Crippen LogP contribution >= 0.6 is 11.8 Å². The van der Waals surface area contributed by atoms with Crippen molar-refractivity contribution < 1.29 is 9.52 Å². The molecule has 1 aromatic heterocycles. The van der Waals surface area contributed by atoms with Gasteiger partial charge in [0, 0.05) is 28.2 Å². The van der Waals surface area contributed by atoms with Crippen molar-refractivity contribution in [2.24, 2.45) is 0 Å². The maximum absolute atomic E-state index is 11.7. The second-order valence-electron chi connectivity index (χ2n) is 5.33. The first-order valence-corrected chi connectivity index (χ1v) is 7.97. The van der Waals surface area contributed by atoms with Crippen molar-refractivity contribution in [2.45, 2.75) is 24.5 Å². The Hall–Kier alpha value is -2.20. The first-order chi connectivity index (χ1) is 10.5. The standard InChI is InChI=1S/C18H16O3S/c1-11-3-4-12(2)17(7-11)22-10-13-8-18(20)21-16-9-14(19)5-6-15(13)16/h3-9,19H,10H2,1-2H3. The highest BCUT2D eigenvalue weighted by molar-refractivity contribution is 7.98. The van der Waals surface area contributed by atoms with Crippen LogP contribution in [0.2, 0.25) is 0 Å². The second kappa shape index (κ2) is 5.89. The molecule has 0 amide bonds. The molecule has 0 aliphatic heterocycles. The lowest BCUT2D eigenvalue weighted by Crippen LogP contribution is -1.99. The molecule has 0 spiro atoms. The van der Waals surface area contributed by atoms with Gasteiger partial charge >= 0.3 is 5.63 Å². The second-order valence-corrected chi connectivity index (χ2v) is 6.35. The fourth-order valence-electron chi connectivity index (χ4n) is 2.36. The molecule has 1 heterocycles. The molecule has 0 unspecified atom stereocenters. The minimum absolute atomic E-state index is 0.0926. The molecule has 3 nitrogen and oxygen atoms in total. The van der Waals surface area contributed by atoms with E-state index in [2.05, 4.69) is 32.0 Å². The molecule has 0 fully saturated rings. The third-order valence-corrected chi connectivity index (χ3v) is 4.75. The highest BCUT2D eigenvalue weighted by Gasteiger charge is 2.08. The summed E-state index contributed by atoms with van der Waals surface area (Å²) in [6.07, 6.45) is 0. The number of thioether (sulfide) groups is 1. The molecule has 0 aliphatic carbocycles. The number of aryl methyl sites for hydroxylation is 2. The molecule has 0 aliphatic rings. The van der Waals surface area contributed by atoms with Gasteiger partial charge in [-0.3, -0.25) is 0 Å². The van der Waals surface area contributed by atoms with Crippen molar-refractivity contribution in [1.82, 2.24) is 0 Å². The zero-order valence-electron chi connectivity index (χ0n) is 12.4. The monoisotopic (exact) mass is 312 g/mol. The van der Waals surface area contributed by atoms with Crippen molar-refractivity contribution in [3.8, 4) is 5.75 Å². The predicted molar refractivity (Wildman–Crippen MR) is 89.6 cm³/mol. The highest BCUT2D eigenvalue weighted by atomic mass is 32.2. The minimum Gasteiger partial charge on any atom is -0.508 e. The Morgan fingerprint density at radius 1 is 1.09 bits per heavy atom. The summed E-state index contributed by atoms with van der Waals surface area (Å²) in [5, 5.41) is 10.4. The summed E-state index contributed by atoms with van der Waals surface area (Å²) in [5.74, 6) is 0.770. The molecule has 22 heavy (non-hydrogen) atoms. The first kappa shape index (κ1) is 14.7. The summed E-state index contributed by atoms with van der Waals surface area (Å²) >= 11 is 1.70. The van der Waals surface area contributed by atoms with Gasteiger partial charge in [0.2, 0.25) is 0 Å². The number of hydrogen-bond donors (Lipinski definition) is 1. The molecule has 0 saturated carbocycles. The molecule has 4 heteroatoms. The Balaban J connectivity index is 1.97. The lowest BCUT2D eigenvalue weighted by Gasteiger charge is -2.08. The van der Waals surface area contributed by atoms with E-state index in [1.807, 2.05) is 0 Å². The topological polar surface area (TPSA) is 50.4 Å². The molecular formula is C18H16O3S. The molecule has 2 aromatic carbocycles. The molecule has 0 atom stereocenters. The quantitative estimate of drug-likeness (QED) is 0.575. The van der Waals surface area contributed by atoms with Crippen molar-refractivity contribution in [2.75, 3.05) is 0 Å². The molecule has 0 radical (unpaired) electrons. The van der Waals surface area contributed by atoms with E-state index in [-0.39, 0.29) is 5.75 Å². The van der Waals surface area contributed by atoms with Crippen molar-refractivity contribution in [1.29, 1.82) is 0 Å². The average molecular weight is 312 g/mol. The van der Waals surface area contributed by atoms with E-state index in [1.54, 1.807) is 23.9 Å². The Labute approximate surface area is 132 Å². The summed E-state index contributed by atoms with van der Waals surface area (Å²) in [4.78, 5) is 12.9. The van der Waals surface area contributed by atoms with Crippen LogP contribution in [0, 0.1) is 13.8 Å². The molecule has 3 rings (SSSR count). The molecule has 3 aromatic rings. The average Bonchev–Trinajstić information content (AvgIpc) is 2.47. The normalized spacial score (nSPS) is 11.0. The van der Waals surface area contributed by atoms with Gasteiger partial charge in [-0.05, 0) is 43.2 Å². The van der Waals surface area contributed by atoms with E-state index in [0.29, 0.717) is 11.3 Å². The minimum atomic E-state index is -0.394. The van der Waals surface area contributed by atoms with Crippen LogP contribution in [0.4, 0.5) is 0 Å². The van der Waals surface area contributed by atoms with Crippen LogP contribution in [0.15, 0.2) is 56.6 Å². The van der Waals surface area contributed by atoms with Gasteiger partial charge in [0.15, 0.2) is 0 Å². The molecular weight excluding hydrogens is 296 g/mol. The smallest absolute Gasteiger partial charge is 0.336 e. The van der Waals surface area contributed by atoms with Gasteiger partial charge in [0.05, 0.1) is 0 Å². The van der Waals surface area contributed by atoms with E-state index in [9.17, 15) is 9.90 Å². The summed E-state index contributed by atoms with van der Waals surface area (Å²) in [6.45, 7) is 4.15. The van der Waals surface area contributed by atoms with Crippen molar-refractivity contribution in [3.63, 3.8) is 0 Å². The third kappa shape index (κ3) is 3.02. The van der Waals surface area contributed by atoms with Gasteiger partial charge < -0.3 is 9.52 Å². The van der Waals surface area contributed by atoms with Crippen LogP contribution in [0.3, 0.4) is 0 Å². The van der Waals surface area contributed by atoms with Crippen LogP contribution < -0.4 is 5.63 Å². The van der Waals surface area contributed by atoms with E-state index >= 15 is 0 Å². The lowest BCUT2D eigenvalue weighted by molar-refractivity contribution is 0.473. The van der Waals surface area contributed by atoms with E-state index in [4.69, 9.17) is 4.42 Å². The molecule has 0 bridgehead atoms. The number of fused-ring (bicyclic) bond motifs is 1. The van der Waals surface area contributed by atoms with Crippen molar-refractivity contribution in [3.05, 3.63) is 69.6 Å². The summed E-state index contributed by atoms with van der Waals surface area (Å²) in [6, 6.07) is 12.7. The van der Waals surface area contributed by atoms with Crippen LogP contribution in [0.25, 0.3) is 11.0 Å². The van der Waals surface area contributed by atoms with Gasteiger partial charge in [0.1, 0.15) is 11.3 Å². The predicted octanol–water partition coefficient (Wildman–Crippen LogP) is 4.41. The number of rotatable bonds is 3. The lowest BCUT2D eigenvalue weighted by atomic mass is 10.1. The summed E-state index contributed by atoms with van der Waals surface area (Å²) in [5.41, 5.74) is 3.38. The molecule has 112 valence electrons. The fourth-order valence-corrected chi connectivity index (χ4v) is 3.47. The van der Waals surface area contributed by atoms with Gasteiger partial charge in [-0.15, -0.1) is 11.8 Å².